The van der Waals surface area contributed by atoms with E-state index in [1.807, 2.05) is 37.2 Å². The molecule has 1 saturated carbocycles. The topological polar surface area (TPSA) is 53.1 Å². The predicted octanol–water partition coefficient (Wildman–Crippen LogP) is 5.04. The van der Waals surface area contributed by atoms with Crippen LogP contribution in [0.25, 0.3) is 10.9 Å². The molecule has 1 aliphatic carbocycles. The van der Waals surface area contributed by atoms with Crippen molar-refractivity contribution in [1.29, 1.82) is 0 Å². The van der Waals surface area contributed by atoms with Gasteiger partial charge in [-0.1, -0.05) is 29.8 Å². The second-order valence-electron chi connectivity index (χ2n) is 8.42. The summed E-state index contributed by atoms with van der Waals surface area (Å²) in [5.74, 6) is 1.34. The number of nitrogens with one attached hydrogen (secondary N) is 2. The molecule has 1 fully saturated rings. The minimum absolute atomic E-state index is 0.291. The van der Waals surface area contributed by atoms with E-state index in [9.17, 15) is 4.39 Å². The van der Waals surface area contributed by atoms with E-state index < -0.39 is 0 Å². The number of para-hydroxylation sites is 1. The van der Waals surface area contributed by atoms with Gasteiger partial charge < -0.3 is 15.5 Å². The number of hydrogen-bond donors (Lipinski definition) is 2. The molecule has 4 rings (SSSR count). The van der Waals surface area contributed by atoms with Crippen molar-refractivity contribution in [2.45, 2.75) is 44.2 Å². The fourth-order valence-corrected chi connectivity index (χ4v) is 4.49. The van der Waals surface area contributed by atoms with Crippen LogP contribution < -0.4 is 15.5 Å². The number of hydrogen-bond acceptors (Lipinski definition) is 5. The van der Waals surface area contributed by atoms with Crippen LogP contribution in [-0.4, -0.2) is 42.7 Å². The summed E-state index contributed by atoms with van der Waals surface area (Å²) in [5.41, 5.74) is 1.94. The lowest BCUT2D eigenvalue weighted by atomic mass is 9.91. The molecule has 1 aromatic heterocycles. The molecule has 0 radical (unpaired) electrons. The minimum Gasteiger partial charge on any atom is -0.362 e. The zero-order chi connectivity index (χ0) is 21.8. The maximum Gasteiger partial charge on any atom is 0.225 e. The molecule has 0 atom stereocenters. The van der Waals surface area contributed by atoms with E-state index in [0.29, 0.717) is 23.1 Å². The standard InChI is InChI=1S/C24H29ClFN5/c1-31(2)23-20-5-3-4-6-22(20)29-24(30-23)28-19-11-9-18(10-12-19)27-14-13-16-7-8-17(26)15-21(16)25/h3-8,15,18-19,27H,9-14H2,1-2H3,(H,28,29,30)/t18-,19+. The van der Waals surface area contributed by atoms with Gasteiger partial charge in [0.2, 0.25) is 5.95 Å². The van der Waals surface area contributed by atoms with Crippen LogP contribution in [0.15, 0.2) is 42.5 Å². The first kappa shape index (κ1) is 21.8. The molecule has 3 aromatic rings. The number of nitrogens with zero attached hydrogens (tertiary/aromatic N) is 3. The summed E-state index contributed by atoms with van der Waals surface area (Å²) in [6.07, 6.45) is 5.15. The van der Waals surface area contributed by atoms with Gasteiger partial charge in [0.1, 0.15) is 11.6 Å². The molecule has 164 valence electrons. The van der Waals surface area contributed by atoms with Gasteiger partial charge in [0.15, 0.2) is 0 Å². The van der Waals surface area contributed by atoms with Gasteiger partial charge in [0.25, 0.3) is 0 Å². The van der Waals surface area contributed by atoms with Gasteiger partial charge in [-0.25, -0.2) is 9.37 Å². The van der Waals surface area contributed by atoms with Crippen molar-refractivity contribution in [1.82, 2.24) is 15.3 Å². The van der Waals surface area contributed by atoms with Crippen LogP contribution in [0.2, 0.25) is 5.02 Å². The average Bonchev–Trinajstić information content (AvgIpc) is 2.76. The van der Waals surface area contributed by atoms with Gasteiger partial charge in [-0.15, -0.1) is 0 Å². The van der Waals surface area contributed by atoms with Gasteiger partial charge in [-0.3, -0.25) is 0 Å². The van der Waals surface area contributed by atoms with Gasteiger partial charge in [-0.2, -0.15) is 4.98 Å². The summed E-state index contributed by atoms with van der Waals surface area (Å²) in [6.45, 7) is 0.841. The third-order valence-corrected chi connectivity index (χ3v) is 6.26. The maximum absolute atomic E-state index is 13.2. The molecular weight excluding hydrogens is 413 g/mol. The second-order valence-corrected chi connectivity index (χ2v) is 8.82. The lowest BCUT2D eigenvalue weighted by Gasteiger charge is -2.30. The SMILES string of the molecule is CN(C)c1nc(N[C@H]2CC[C@@H](NCCc3ccc(F)cc3Cl)CC2)nc2ccccc12. The molecule has 0 spiro atoms. The predicted molar refractivity (Wildman–Crippen MR) is 127 cm³/mol. The smallest absolute Gasteiger partial charge is 0.225 e. The van der Waals surface area contributed by atoms with E-state index in [4.69, 9.17) is 21.6 Å². The highest BCUT2D eigenvalue weighted by molar-refractivity contribution is 6.31. The van der Waals surface area contributed by atoms with Crippen LogP contribution in [0, 0.1) is 5.82 Å². The minimum atomic E-state index is -0.291. The Morgan fingerprint density at radius 3 is 2.52 bits per heavy atom. The van der Waals surface area contributed by atoms with Crippen molar-refractivity contribution in [3.63, 3.8) is 0 Å². The molecular formula is C24H29ClFN5. The third kappa shape index (κ3) is 5.43. The van der Waals surface area contributed by atoms with E-state index in [1.165, 1.54) is 12.1 Å². The summed E-state index contributed by atoms with van der Waals surface area (Å²) in [7, 11) is 4.02. The first-order valence-corrected chi connectivity index (χ1v) is 11.3. The largest absolute Gasteiger partial charge is 0.362 e. The number of anilines is 2. The van der Waals surface area contributed by atoms with Crippen molar-refractivity contribution in [2.75, 3.05) is 30.9 Å². The number of halogens is 2. The average molecular weight is 442 g/mol. The first-order chi connectivity index (χ1) is 15.0. The first-order valence-electron chi connectivity index (χ1n) is 10.9. The summed E-state index contributed by atoms with van der Waals surface area (Å²) < 4.78 is 13.2. The Kier molecular flexibility index (Phi) is 6.88. The summed E-state index contributed by atoms with van der Waals surface area (Å²) in [6, 6.07) is 13.6. The Hall–Kier alpha value is -2.44. The third-order valence-electron chi connectivity index (χ3n) is 5.91. The van der Waals surface area contributed by atoms with E-state index in [-0.39, 0.29) is 5.82 Å². The fourth-order valence-electron chi connectivity index (χ4n) is 4.23. The highest BCUT2D eigenvalue weighted by atomic mass is 35.5. The van der Waals surface area contributed by atoms with Crippen LogP contribution in [0.5, 0.6) is 0 Å². The summed E-state index contributed by atoms with van der Waals surface area (Å²) >= 11 is 6.12. The second kappa shape index (κ2) is 9.79. The van der Waals surface area contributed by atoms with Crippen LogP contribution in [0.4, 0.5) is 16.2 Å². The van der Waals surface area contributed by atoms with Crippen molar-refractivity contribution >= 4 is 34.3 Å². The lowest BCUT2D eigenvalue weighted by Crippen LogP contribution is -2.38. The molecule has 0 unspecified atom stereocenters. The van der Waals surface area contributed by atoms with Crippen molar-refractivity contribution in [3.8, 4) is 0 Å². The molecule has 1 aliphatic rings. The molecule has 1 heterocycles. The number of fused-ring (bicyclic) bond motifs is 1. The highest BCUT2D eigenvalue weighted by Gasteiger charge is 2.22. The van der Waals surface area contributed by atoms with Crippen LogP contribution in [0.1, 0.15) is 31.2 Å². The van der Waals surface area contributed by atoms with E-state index >= 15 is 0 Å². The molecule has 2 N–H and O–H groups in total. The highest BCUT2D eigenvalue weighted by Crippen LogP contribution is 2.26. The van der Waals surface area contributed by atoms with Crippen molar-refractivity contribution in [2.24, 2.45) is 0 Å². The fraction of sp³-hybridized carbons (Fsp3) is 0.417. The van der Waals surface area contributed by atoms with Gasteiger partial charge in [-0.05, 0) is 68.5 Å². The van der Waals surface area contributed by atoms with Gasteiger partial charge in [0.05, 0.1) is 5.52 Å². The van der Waals surface area contributed by atoms with Crippen LogP contribution >= 0.6 is 11.6 Å². The molecule has 0 amide bonds. The van der Waals surface area contributed by atoms with Gasteiger partial charge >= 0.3 is 0 Å². The molecule has 31 heavy (non-hydrogen) atoms. The maximum atomic E-state index is 13.2. The van der Waals surface area contributed by atoms with E-state index in [2.05, 4.69) is 16.7 Å². The van der Waals surface area contributed by atoms with Gasteiger partial charge in [0, 0.05) is 36.6 Å². The Labute approximate surface area is 188 Å². The zero-order valence-electron chi connectivity index (χ0n) is 18.0. The molecule has 5 nitrogen and oxygen atoms in total. The number of aromatic nitrogens is 2. The van der Waals surface area contributed by atoms with Crippen molar-refractivity contribution in [3.05, 3.63) is 58.9 Å². The van der Waals surface area contributed by atoms with E-state index in [0.717, 1.165) is 60.9 Å². The molecule has 0 aliphatic heterocycles. The Morgan fingerprint density at radius 1 is 1.03 bits per heavy atom. The normalized spacial score (nSPS) is 18.8. The van der Waals surface area contributed by atoms with Crippen LogP contribution in [0.3, 0.4) is 0 Å². The Morgan fingerprint density at radius 2 is 1.77 bits per heavy atom. The molecule has 7 heteroatoms. The Bertz CT molecular complexity index is 1030. The summed E-state index contributed by atoms with van der Waals surface area (Å²) in [5, 5.41) is 8.74. The van der Waals surface area contributed by atoms with Crippen molar-refractivity contribution < 1.29 is 4.39 Å². The zero-order valence-corrected chi connectivity index (χ0v) is 18.8. The summed E-state index contributed by atoms with van der Waals surface area (Å²) in [4.78, 5) is 11.5. The number of rotatable bonds is 7. The molecule has 2 aromatic carbocycles. The molecule has 0 bridgehead atoms. The van der Waals surface area contributed by atoms with E-state index in [1.54, 1.807) is 6.07 Å². The lowest BCUT2D eigenvalue weighted by molar-refractivity contribution is 0.355. The molecule has 0 saturated heterocycles. The quantitative estimate of drug-likeness (QED) is 0.537. The monoisotopic (exact) mass is 441 g/mol. The Balaban J connectivity index is 1.29. The number of benzene rings is 2. The van der Waals surface area contributed by atoms with Crippen LogP contribution in [-0.2, 0) is 6.42 Å².